The number of furan rings is 1. The van der Waals surface area contributed by atoms with Crippen LogP contribution in [0.3, 0.4) is 0 Å². The van der Waals surface area contributed by atoms with Crippen LogP contribution in [0.1, 0.15) is 10.4 Å². The molecule has 0 atom stereocenters. The number of hydrogen-bond acceptors (Lipinski definition) is 6. The molecule has 1 N–H and O–H groups in total. The van der Waals surface area contributed by atoms with Gasteiger partial charge < -0.3 is 13.6 Å². The Hall–Kier alpha value is -4.39. The van der Waals surface area contributed by atoms with Crippen molar-refractivity contribution in [3.63, 3.8) is 0 Å². The highest BCUT2D eigenvalue weighted by Crippen LogP contribution is 2.34. The smallest absolute Gasteiger partial charge is 0.322 e. The van der Waals surface area contributed by atoms with E-state index < -0.39 is 0 Å². The number of rotatable bonds is 5. The zero-order chi connectivity index (χ0) is 21.2. The molecule has 0 saturated heterocycles. The van der Waals surface area contributed by atoms with Crippen molar-refractivity contribution in [3.05, 3.63) is 84.6 Å². The topological polar surface area (TPSA) is 90.4 Å². The highest BCUT2D eigenvalue weighted by atomic mass is 16.5. The van der Waals surface area contributed by atoms with Gasteiger partial charge in [0.1, 0.15) is 5.75 Å². The Morgan fingerprint density at radius 1 is 0.935 bits per heavy atom. The van der Waals surface area contributed by atoms with Crippen LogP contribution in [-0.2, 0) is 0 Å². The lowest BCUT2D eigenvalue weighted by Crippen LogP contribution is -2.12. The second-order valence-corrected chi connectivity index (χ2v) is 6.82. The van der Waals surface area contributed by atoms with Crippen LogP contribution in [-0.4, -0.2) is 23.2 Å². The number of nitrogens with one attached hydrogen (secondary N) is 1. The number of carbonyl (C=O) groups excluding carboxylic acids is 1. The number of hydrogen-bond donors (Lipinski definition) is 1. The Morgan fingerprint density at radius 3 is 2.55 bits per heavy atom. The van der Waals surface area contributed by atoms with E-state index in [1.54, 1.807) is 31.4 Å². The summed E-state index contributed by atoms with van der Waals surface area (Å²) in [5.74, 6) is 0.987. The van der Waals surface area contributed by atoms with Gasteiger partial charge in [0.25, 0.3) is 11.8 Å². The van der Waals surface area contributed by atoms with E-state index in [0.717, 1.165) is 27.6 Å². The van der Waals surface area contributed by atoms with Crippen molar-refractivity contribution in [2.45, 2.75) is 0 Å². The maximum absolute atomic E-state index is 12.8. The molecule has 7 heteroatoms. The fraction of sp³-hybridized carbons (Fsp3) is 0.0417. The number of fused-ring (bicyclic) bond motifs is 1. The summed E-state index contributed by atoms with van der Waals surface area (Å²) in [7, 11) is 1.64. The van der Waals surface area contributed by atoms with Crippen LogP contribution in [0.25, 0.3) is 33.6 Å². The van der Waals surface area contributed by atoms with Crippen LogP contribution in [0.2, 0.25) is 0 Å². The number of amides is 1. The number of anilines is 1. The average Bonchev–Trinajstić information content (AvgIpc) is 3.50. The number of carbonyl (C=O) groups is 1. The lowest BCUT2D eigenvalue weighted by atomic mass is 9.98. The van der Waals surface area contributed by atoms with Gasteiger partial charge in [-0.2, -0.15) is 0 Å². The van der Waals surface area contributed by atoms with E-state index >= 15 is 0 Å². The van der Waals surface area contributed by atoms with Crippen molar-refractivity contribution < 1.29 is 18.4 Å². The van der Waals surface area contributed by atoms with Crippen LogP contribution < -0.4 is 10.1 Å². The molecule has 0 bridgehead atoms. The summed E-state index contributed by atoms with van der Waals surface area (Å²) in [6, 6.07) is 22.8. The molecule has 3 aromatic carbocycles. The standard InChI is InChI=1S/C24H17N3O4/c1-29-21-14-16-7-3-2-6-15(16)13-19(21)17-8-4-9-18(12-17)22(28)25-24-27-26-23(31-24)20-10-5-11-30-20/h2-14H,1H3,(H,25,27,28). The Bertz CT molecular complexity index is 1370. The van der Waals surface area contributed by atoms with Gasteiger partial charge >= 0.3 is 6.01 Å². The minimum atomic E-state index is -0.365. The van der Waals surface area contributed by atoms with Crippen molar-refractivity contribution in [2.75, 3.05) is 12.4 Å². The van der Waals surface area contributed by atoms with Gasteiger partial charge in [-0.15, -0.1) is 5.10 Å². The third-order valence-electron chi connectivity index (χ3n) is 4.88. The summed E-state index contributed by atoms with van der Waals surface area (Å²) in [4.78, 5) is 12.8. The summed E-state index contributed by atoms with van der Waals surface area (Å²) < 4.78 is 16.3. The molecule has 1 amide bonds. The van der Waals surface area contributed by atoms with Crippen LogP contribution in [0.15, 0.2) is 87.9 Å². The quantitative estimate of drug-likeness (QED) is 0.416. The van der Waals surface area contributed by atoms with Crippen molar-refractivity contribution >= 4 is 22.7 Å². The van der Waals surface area contributed by atoms with Crippen LogP contribution in [0.5, 0.6) is 5.75 Å². The Balaban J connectivity index is 1.44. The molecule has 0 unspecified atom stereocenters. The third-order valence-corrected chi connectivity index (χ3v) is 4.88. The number of methoxy groups -OCH3 is 1. The minimum absolute atomic E-state index is 0.00918. The van der Waals surface area contributed by atoms with Gasteiger partial charge in [0.05, 0.1) is 13.4 Å². The maximum Gasteiger partial charge on any atom is 0.322 e. The summed E-state index contributed by atoms with van der Waals surface area (Å²) in [5.41, 5.74) is 2.20. The normalized spacial score (nSPS) is 10.9. The first kappa shape index (κ1) is 18.6. The molecule has 0 aliphatic heterocycles. The second kappa shape index (κ2) is 7.79. The molecule has 0 aliphatic rings. The van der Waals surface area contributed by atoms with E-state index in [1.165, 1.54) is 6.26 Å². The lowest BCUT2D eigenvalue weighted by molar-refractivity contribution is 0.102. The van der Waals surface area contributed by atoms with Gasteiger partial charge in [0, 0.05) is 11.1 Å². The molecule has 152 valence electrons. The highest BCUT2D eigenvalue weighted by molar-refractivity contribution is 6.04. The van der Waals surface area contributed by atoms with Crippen LogP contribution >= 0.6 is 0 Å². The zero-order valence-corrected chi connectivity index (χ0v) is 16.5. The van der Waals surface area contributed by atoms with E-state index in [1.807, 2.05) is 42.5 Å². The monoisotopic (exact) mass is 411 g/mol. The number of nitrogens with zero attached hydrogens (tertiary/aromatic N) is 2. The van der Waals surface area contributed by atoms with Gasteiger partial charge in [0.15, 0.2) is 5.76 Å². The highest BCUT2D eigenvalue weighted by Gasteiger charge is 2.16. The molecular formula is C24H17N3O4. The van der Waals surface area contributed by atoms with Crippen molar-refractivity contribution in [3.8, 4) is 28.5 Å². The molecule has 2 heterocycles. The first-order valence-electron chi connectivity index (χ1n) is 9.57. The van der Waals surface area contributed by atoms with Gasteiger partial charge in [-0.25, -0.2) is 0 Å². The molecule has 0 aliphatic carbocycles. The molecule has 0 fully saturated rings. The molecule has 2 aromatic heterocycles. The van der Waals surface area contributed by atoms with E-state index in [2.05, 4.69) is 21.6 Å². The molecule has 0 spiro atoms. The molecule has 5 rings (SSSR count). The predicted octanol–water partition coefficient (Wildman–Crippen LogP) is 5.41. The largest absolute Gasteiger partial charge is 0.496 e. The maximum atomic E-state index is 12.8. The van der Waals surface area contributed by atoms with Crippen LogP contribution in [0, 0.1) is 0 Å². The van der Waals surface area contributed by atoms with E-state index in [4.69, 9.17) is 13.6 Å². The number of ether oxygens (including phenoxy) is 1. The summed E-state index contributed by atoms with van der Waals surface area (Å²) in [6.07, 6.45) is 1.50. The number of benzene rings is 3. The second-order valence-electron chi connectivity index (χ2n) is 6.82. The number of aromatic nitrogens is 2. The van der Waals surface area contributed by atoms with E-state index in [9.17, 15) is 4.79 Å². The van der Waals surface area contributed by atoms with E-state index in [0.29, 0.717) is 11.3 Å². The zero-order valence-electron chi connectivity index (χ0n) is 16.5. The van der Waals surface area contributed by atoms with Gasteiger partial charge in [-0.05, 0) is 52.7 Å². The summed E-state index contributed by atoms with van der Waals surface area (Å²) in [5, 5.41) is 12.5. The van der Waals surface area contributed by atoms with Crippen molar-refractivity contribution in [2.24, 2.45) is 0 Å². The first-order chi connectivity index (χ1) is 15.2. The molecule has 31 heavy (non-hydrogen) atoms. The van der Waals surface area contributed by atoms with Gasteiger partial charge in [0.2, 0.25) is 0 Å². The fourth-order valence-corrected chi connectivity index (χ4v) is 3.38. The average molecular weight is 411 g/mol. The van der Waals surface area contributed by atoms with Crippen molar-refractivity contribution in [1.82, 2.24) is 10.2 Å². The Kier molecular flexibility index (Phi) is 4.68. The van der Waals surface area contributed by atoms with E-state index in [-0.39, 0.29) is 17.8 Å². The fourth-order valence-electron chi connectivity index (χ4n) is 3.38. The molecule has 5 aromatic rings. The van der Waals surface area contributed by atoms with Gasteiger partial charge in [-0.3, -0.25) is 10.1 Å². The summed E-state index contributed by atoms with van der Waals surface area (Å²) in [6.45, 7) is 0. The lowest BCUT2D eigenvalue weighted by Gasteiger charge is -2.12. The Labute approximate surface area is 177 Å². The molecule has 0 saturated carbocycles. The molecular weight excluding hydrogens is 394 g/mol. The van der Waals surface area contributed by atoms with Gasteiger partial charge in [-0.1, -0.05) is 41.5 Å². The predicted molar refractivity (Wildman–Crippen MR) is 116 cm³/mol. The summed E-state index contributed by atoms with van der Waals surface area (Å²) >= 11 is 0. The Morgan fingerprint density at radius 2 is 1.77 bits per heavy atom. The molecule has 7 nitrogen and oxygen atoms in total. The first-order valence-corrected chi connectivity index (χ1v) is 9.57. The minimum Gasteiger partial charge on any atom is -0.496 e. The SMILES string of the molecule is COc1cc2ccccc2cc1-c1cccc(C(=O)Nc2nnc(-c3ccco3)o2)c1. The molecule has 0 radical (unpaired) electrons. The van der Waals surface area contributed by atoms with Crippen LogP contribution in [0.4, 0.5) is 6.01 Å². The van der Waals surface area contributed by atoms with Crippen molar-refractivity contribution in [1.29, 1.82) is 0 Å². The third kappa shape index (κ3) is 3.64.